The monoisotopic (exact) mass is 492 g/mol. The van der Waals surface area contributed by atoms with Crippen molar-refractivity contribution in [3.8, 4) is 11.5 Å². The second-order valence-corrected chi connectivity index (χ2v) is 9.20. The fourth-order valence-corrected chi connectivity index (χ4v) is 5.80. The number of rotatable bonds is 4. The highest BCUT2D eigenvalue weighted by Gasteiger charge is 2.53. The van der Waals surface area contributed by atoms with E-state index >= 15 is 0 Å². The predicted molar refractivity (Wildman–Crippen MR) is 114 cm³/mol. The molecular formula is C19H12Cl4O5S. The first-order chi connectivity index (χ1) is 13.5. The molecule has 0 aliphatic heterocycles. The first kappa shape index (κ1) is 22.0. The highest BCUT2D eigenvalue weighted by molar-refractivity contribution is 7.87. The van der Waals surface area contributed by atoms with Gasteiger partial charge in [0.2, 0.25) is 0 Å². The Morgan fingerprint density at radius 1 is 0.793 bits per heavy atom. The van der Waals surface area contributed by atoms with Gasteiger partial charge in [-0.25, -0.2) is 0 Å². The molecule has 0 aliphatic rings. The SMILES string of the molecule is O=S(=O)(O)C(c1ccccc1)(c1cc(O)ccc1Cl)c1c(Cl)c(O)cc(Cl)c1Cl. The Kier molecular flexibility index (Phi) is 5.98. The van der Waals surface area contributed by atoms with Crippen molar-refractivity contribution in [1.82, 2.24) is 0 Å². The topological polar surface area (TPSA) is 94.8 Å². The summed E-state index contributed by atoms with van der Waals surface area (Å²) < 4.78 is 34.0. The van der Waals surface area contributed by atoms with Crippen LogP contribution in [0.2, 0.25) is 20.1 Å². The lowest BCUT2D eigenvalue weighted by atomic mass is 9.83. The molecule has 1 unspecified atom stereocenters. The molecule has 3 rings (SSSR count). The van der Waals surface area contributed by atoms with E-state index in [9.17, 15) is 23.2 Å². The summed E-state index contributed by atoms with van der Waals surface area (Å²) in [4.78, 5) is 0. The van der Waals surface area contributed by atoms with E-state index in [4.69, 9.17) is 46.4 Å². The zero-order chi connectivity index (χ0) is 21.6. The number of phenolic OH excluding ortho intramolecular Hbond substituents is 2. The van der Waals surface area contributed by atoms with Crippen molar-refractivity contribution < 1.29 is 23.2 Å². The van der Waals surface area contributed by atoms with Gasteiger partial charge in [0.15, 0.2) is 4.75 Å². The fourth-order valence-electron chi connectivity index (χ4n) is 3.21. The van der Waals surface area contributed by atoms with E-state index in [2.05, 4.69) is 0 Å². The average molecular weight is 494 g/mol. The molecule has 5 nitrogen and oxygen atoms in total. The van der Waals surface area contributed by atoms with Crippen molar-refractivity contribution >= 4 is 56.5 Å². The maximum Gasteiger partial charge on any atom is 0.283 e. The summed E-state index contributed by atoms with van der Waals surface area (Å²) in [5.74, 6) is -0.886. The van der Waals surface area contributed by atoms with Gasteiger partial charge in [-0.15, -0.1) is 0 Å². The number of benzene rings is 3. The largest absolute Gasteiger partial charge is 0.508 e. The van der Waals surface area contributed by atoms with Gasteiger partial charge < -0.3 is 10.2 Å². The summed E-state index contributed by atoms with van der Waals surface area (Å²) in [6, 6.07) is 12.1. The lowest BCUT2D eigenvalue weighted by Gasteiger charge is -2.34. The normalized spacial score (nSPS) is 13.8. The van der Waals surface area contributed by atoms with Crippen LogP contribution in [0.15, 0.2) is 54.6 Å². The molecule has 0 bridgehead atoms. The van der Waals surface area contributed by atoms with Crippen LogP contribution in [0.1, 0.15) is 16.7 Å². The van der Waals surface area contributed by atoms with Crippen molar-refractivity contribution in [3.05, 3.63) is 91.4 Å². The zero-order valence-corrected chi connectivity index (χ0v) is 18.1. The molecule has 0 aliphatic carbocycles. The minimum atomic E-state index is -5.14. The smallest absolute Gasteiger partial charge is 0.283 e. The number of halogens is 4. The van der Waals surface area contributed by atoms with Gasteiger partial charge in [0, 0.05) is 22.2 Å². The van der Waals surface area contributed by atoms with Gasteiger partial charge >= 0.3 is 0 Å². The van der Waals surface area contributed by atoms with Crippen molar-refractivity contribution in [3.63, 3.8) is 0 Å². The van der Waals surface area contributed by atoms with Gasteiger partial charge in [-0.1, -0.05) is 76.7 Å². The number of phenols is 2. The van der Waals surface area contributed by atoms with Crippen molar-refractivity contribution in [2.75, 3.05) is 0 Å². The van der Waals surface area contributed by atoms with Gasteiger partial charge in [-0.05, 0) is 23.8 Å². The highest BCUT2D eigenvalue weighted by atomic mass is 35.5. The average Bonchev–Trinajstić information content (AvgIpc) is 2.65. The van der Waals surface area contributed by atoms with Crippen molar-refractivity contribution in [2.45, 2.75) is 4.75 Å². The Labute approximate surface area is 186 Å². The van der Waals surface area contributed by atoms with E-state index in [1.807, 2.05) is 0 Å². The van der Waals surface area contributed by atoms with Crippen LogP contribution in [0, 0.1) is 0 Å². The fraction of sp³-hybridized carbons (Fsp3) is 0.0526. The molecule has 0 fully saturated rings. The summed E-state index contributed by atoms with van der Waals surface area (Å²) in [6.45, 7) is 0. The minimum Gasteiger partial charge on any atom is -0.508 e. The molecule has 3 aromatic rings. The standard InChI is InChI=1S/C19H12Cl4O5S/c20-13-7-6-11(24)8-12(13)19(29(26,27)28,10-4-2-1-3-5-10)16-17(22)14(21)9-15(25)18(16)23/h1-9,24-25H,(H,26,27,28). The number of hydrogen-bond donors (Lipinski definition) is 3. The summed E-state index contributed by atoms with van der Waals surface area (Å²) in [5.41, 5.74) is -0.647. The van der Waals surface area contributed by atoms with Crippen molar-refractivity contribution in [1.29, 1.82) is 0 Å². The molecule has 0 saturated carbocycles. The molecule has 0 heterocycles. The summed E-state index contributed by atoms with van der Waals surface area (Å²) in [5, 5.41) is 19.1. The van der Waals surface area contributed by atoms with Crippen LogP contribution in [0.5, 0.6) is 11.5 Å². The highest BCUT2D eigenvalue weighted by Crippen LogP contribution is 2.54. The summed E-state index contributed by atoms with van der Waals surface area (Å²) >= 11 is 25.0. The van der Waals surface area contributed by atoms with E-state index in [1.165, 1.54) is 36.4 Å². The molecule has 152 valence electrons. The Morgan fingerprint density at radius 2 is 1.41 bits per heavy atom. The predicted octanol–water partition coefficient (Wildman–Crippen LogP) is 5.89. The quantitative estimate of drug-likeness (QED) is 0.239. The second kappa shape index (κ2) is 7.87. The van der Waals surface area contributed by atoms with Crippen molar-refractivity contribution in [2.24, 2.45) is 0 Å². The van der Waals surface area contributed by atoms with E-state index in [-0.39, 0.29) is 31.9 Å². The van der Waals surface area contributed by atoms with Crippen LogP contribution >= 0.6 is 46.4 Å². The molecule has 0 saturated heterocycles. The van der Waals surface area contributed by atoms with E-state index in [0.717, 1.165) is 12.1 Å². The third kappa shape index (κ3) is 3.54. The number of aromatic hydroxyl groups is 2. The Hall–Kier alpha value is -1.67. The Bertz CT molecular complexity index is 1170. The first-order valence-corrected chi connectivity index (χ1v) is 10.9. The van der Waals surface area contributed by atoms with Crippen LogP contribution in [0.4, 0.5) is 0 Å². The molecule has 3 N–H and O–H groups in total. The lowest BCUT2D eigenvalue weighted by molar-refractivity contribution is 0.455. The summed E-state index contributed by atoms with van der Waals surface area (Å²) in [6.07, 6.45) is 0. The maximum atomic E-state index is 13.0. The molecule has 29 heavy (non-hydrogen) atoms. The third-order valence-corrected chi connectivity index (χ3v) is 7.32. The van der Waals surface area contributed by atoms with Crippen LogP contribution in [-0.2, 0) is 14.9 Å². The van der Waals surface area contributed by atoms with Crippen LogP contribution in [0.3, 0.4) is 0 Å². The van der Waals surface area contributed by atoms with Gasteiger partial charge in [0.25, 0.3) is 10.1 Å². The Morgan fingerprint density at radius 3 is 2.00 bits per heavy atom. The molecule has 0 aromatic heterocycles. The zero-order valence-electron chi connectivity index (χ0n) is 14.3. The molecule has 10 heteroatoms. The summed E-state index contributed by atoms with van der Waals surface area (Å²) in [7, 11) is -5.14. The minimum absolute atomic E-state index is 0.000432. The van der Waals surface area contributed by atoms with Crippen LogP contribution in [-0.4, -0.2) is 23.2 Å². The molecule has 0 amide bonds. The van der Waals surface area contributed by atoms with Gasteiger partial charge in [0.1, 0.15) is 11.5 Å². The molecule has 0 spiro atoms. The van der Waals surface area contributed by atoms with E-state index < -0.39 is 31.2 Å². The van der Waals surface area contributed by atoms with Crippen LogP contribution in [0.25, 0.3) is 0 Å². The first-order valence-electron chi connectivity index (χ1n) is 7.90. The maximum absolute atomic E-state index is 13.0. The van der Waals surface area contributed by atoms with Gasteiger partial charge in [-0.2, -0.15) is 8.42 Å². The second-order valence-electron chi connectivity index (χ2n) is 6.07. The van der Waals surface area contributed by atoms with Gasteiger partial charge in [0.05, 0.1) is 15.1 Å². The molecule has 1 atom stereocenters. The van der Waals surface area contributed by atoms with E-state index in [0.29, 0.717) is 0 Å². The number of hydrogen-bond acceptors (Lipinski definition) is 4. The van der Waals surface area contributed by atoms with Gasteiger partial charge in [-0.3, -0.25) is 4.55 Å². The Balaban J connectivity index is 2.69. The molecule has 3 aromatic carbocycles. The van der Waals surface area contributed by atoms with E-state index in [1.54, 1.807) is 6.07 Å². The molecular weight excluding hydrogens is 482 g/mol. The third-order valence-electron chi connectivity index (χ3n) is 4.39. The van der Waals surface area contributed by atoms with Crippen LogP contribution < -0.4 is 0 Å². The molecule has 0 radical (unpaired) electrons. The lowest BCUT2D eigenvalue weighted by Crippen LogP contribution is -2.39.